The molecule has 2 aromatic carbocycles. The summed E-state index contributed by atoms with van der Waals surface area (Å²) in [7, 11) is 1.65. The molecule has 2 atom stereocenters. The number of aromatic nitrogens is 2. The van der Waals surface area contributed by atoms with E-state index in [0.29, 0.717) is 15.8 Å². The van der Waals surface area contributed by atoms with Crippen molar-refractivity contribution in [2.24, 2.45) is 0 Å². The number of halogens is 1. The fourth-order valence-corrected chi connectivity index (χ4v) is 5.40. The quantitative estimate of drug-likeness (QED) is 0.323. The lowest BCUT2D eigenvalue weighted by Crippen LogP contribution is -2.29. The number of phenols is 1. The highest BCUT2D eigenvalue weighted by Gasteiger charge is 2.43. The summed E-state index contributed by atoms with van der Waals surface area (Å²) >= 11 is 12.2. The maximum absolute atomic E-state index is 10.7. The second-order valence-corrected chi connectivity index (χ2v) is 9.29. The van der Waals surface area contributed by atoms with Crippen LogP contribution in [0.15, 0.2) is 72.9 Å². The Morgan fingerprint density at radius 3 is 2.51 bits per heavy atom. The summed E-state index contributed by atoms with van der Waals surface area (Å²) in [5, 5.41) is 15.3. The fourth-order valence-electron chi connectivity index (χ4n) is 4.89. The Hall–Kier alpha value is -3.55. The molecule has 0 radical (unpaired) electrons. The lowest BCUT2D eigenvalue weighted by atomic mass is 9.96. The highest BCUT2D eigenvalue weighted by Crippen LogP contribution is 2.46. The molecular formula is C27H25ClN4O2S. The first-order valence-corrected chi connectivity index (χ1v) is 12.0. The molecule has 6 nitrogen and oxygen atoms in total. The summed E-state index contributed by atoms with van der Waals surface area (Å²) < 4.78 is 7.79. The first kappa shape index (κ1) is 23.2. The second-order valence-electron chi connectivity index (χ2n) is 8.46. The summed E-state index contributed by atoms with van der Waals surface area (Å²) in [6.07, 6.45) is 1.78. The number of hydrogen-bond donors (Lipinski definition) is 2. The molecular weight excluding hydrogens is 480 g/mol. The molecule has 5 rings (SSSR count). The zero-order valence-electron chi connectivity index (χ0n) is 19.6. The smallest absolute Gasteiger partial charge is 0.174 e. The molecule has 1 saturated heterocycles. The van der Waals surface area contributed by atoms with E-state index in [9.17, 15) is 5.11 Å². The van der Waals surface area contributed by atoms with Crippen LogP contribution in [-0.2, 0) is 0 Å². The van der Waals surface area contributed by atoms with E-state index in [2.05, 4.69) is 34.8 Å². The van der Waals surface area contributed by atoms with Crippen LogP contribution in [0.3, 0.4) is 0 Å². The molecule has 0 spiro atoms. The third kappa shape index (κ3) is 4.00. The average molecular weight is 505 g/mol. The van der Waals surface area contributed by atoms with Crippen molar-refractivity contribution >= 4 is 34.6 Å². The largest absolute Gasteiger partial charge is 0.506 e. The van der Waals surface area contributed by atoms with Crippen molar-refractivity contribution in [3.8, 4) is 17.2 Å². The molecule has 0 amide bonds. The maximum Gasteiger partial charge on any atom is 0.174 e. The summed E-state index contributed by atoms with van der Waals surface area (Å²) in [4.78, 5) is 6.60. The first-order chi connectivity index (χ1) is 16.9. The molecule has 178 valence electrons. The number of pyridine rings is 1. The van der Waals surface area contributed by atoms with Crippen LogP contribution in [-0.4, -0.2) is 26.9 Å². The van der Waals surface area contributed by atoms with Gasteiger partial charge in [0.2, 0.25) is 0 Å². The SMILES string of the molecule is COc1ccc(Cl)cc1-n1c(C)cc([C@@H]2[C@@H](c3ccccn3)NC(=S)N2c2ccccc2O)c1C. The number of aromatic hydroxyl groups is 1. The molecule has 8 heteroatoms. The molecule has 0 saturated carbocycles. The van der Waals surface area contributed by atoms with Gasteiger partial charge in [0.05, 0.1) is 36.3 Å². The third-order valence-corrected chi connectivity index (χ3v) is 6.96. The Balaban J connectivity index is 1.72. The van der Waals surface area contributed by atoms with Crippen molar-refractivity contribution in [3.05, 3.63) is 101 Å². The molecule has 3 heterocycles. The molecule has 2 N–H and O–H groups in total. The Kier molecular flexibility index (Phi) is 6.13. The number of thiocarbonyl (C=S) groups is 1. The van der Waals surface area contributed by atoms with Crippen LogP contribution >= 0.6 is 23.8 Å². The first-order valence-electron chi connectivity index (χ1n) is 11.2. The van der Waals surface area contributed by atoms with Gasteiger partial charge in [0.25, 0.3) is 0 Å². The monoisotopic (exact) mass is 504 g/mol. The number of nitrogens with zero attached hydrogens (tertiary/aromatic N) is 3. The van der Waals surface area contributed by atoms with Gasteiger partial charge in [0.1, 0.15) is 11.5 Å². The summed E-state index contributed by atoms with van der Waals surface area (Å²) in [5.74, 6) is 0.885. The number of nitrogens with one attached hydrogen (secondary N) is 1. The number of methoxy groups -OCH3 is 1. The fraction of sp³-hybridized carbons (Fsp3) is 0.185. The normalized spacial score (nSPS) is 17.5. The van der Waals surface area contributed by atoms with Gasteiger partial charge in [-0.15, -0.1) is 0 Å². The van der Waals surface area contributed by atoms with Gasteiger partial charge in [-0.3, -0.25) is 4.98 Å². The van der Waals surface area contributed by atoms with Crippen molar-refractivity contribution in [1.82, 2.24) is 14.9 Å². The number of para-hydroxylation sites is 2. The minimum Gasteiger partial charge on any atom is -0.506 e. The number of aryl methyl sites for hydroxylation is 1. The van der Waals surface area contributed by atoms with Crippen LogP contribution in [0.1, 0.15) is 34.7 Å². The Morgan fingerprint density at radius 1 is 1.03 bits per heavy atom. The van der Waals surface area contributed by atoms with Gasteiger partial charge >= 0.3 is 0 Å². The number of anilines is 1. The van der Waals surface area contributed by atoms with Crippen molar-refractivity contribution in [2.75, 3.05) is 12.0 Å². The van der Waals surface area contributed by atoms with Gasteiger partial charge in [-0.05, 0) is 80.2 Å². The van der Waals surface area contributed by atoms with Gasteiger partial charge in [-0.2, -0.15) is 0 Å². The number of rotatable bonds is 5. The number of ether oxygens (including phenoxy) is 1. The highest BCUT2D eigenvalue weighted by atomic mass is 35.5. The Bertz CT molecular complexity index is 1410. The van der Waals surface area contributed by atoms with E-state index in [1.54, 1.807) is 25.4 Å². The minimum atomic E-state index is -0.254. The molecule has 0 aliphatic carbocycles. The molecule has 1 fully saturated rings. The zero-order valence-corrected chi connectivity index (χ0v) is 21.1. The van der Waals surface area contributed by atoms with E-state index in [1.165, 1.54) is 0 Å². The zero-order chi connectivity index (χ0) is 24.7. The van der Waals surface area contributed by atoms with Gasteiger partial charge in [0, 0.05) is 22.6 Å². The van der Waals surface area contributed by atoms with Crippen molar-refractivity contribution in [3.63, 3.8) is 0 Å². The third-order valence-electron chi connectivity index (χ3n) is 6.41. The molecule has 2 aromatic heterocycles. The summed E-state index contributed by atoms with van der Waals surface area (Å²) in [6.45, 7) is 4.13. The van der Waals surface area contributed by atoms with Gasteiger partial charge in [-0.1, -0.05) is 29.8 Å². The van der Waals surface area contributed by atoms with E-state index >= 15 is 0 Å². The minimum absolute atomic E-state index is 0.161. The molecule has 0 bridgehead atoms. The molecule has 1 aliphatic heterocycles. The lowest BCUT2D eigenvalue weighted by molar-refractivity contribution is 0.412. The van der Waals surface area contributed by atoms with E-state index in [4.69, 9.17) is 28.6 Å². The number of phenolic OH excluding ortho intramolecular Hbond substituents is 1. The molecule has 4 aromatic rings. The second kappa shape index (κ2) is 9.24. The van der Waals surface area contributed by atoms with Crippen LogP contribution in [0, 0.1) is 13.8 Å². The Morgan fingerprint density at radius 2 is 1.80 bits per heavy atom. The van der Waals surface area contributed by atoms with Crippen LogP contribution < -0.4 is 15.0 Å². The van der Waals surface area contributed by atoms with Gasteiger partial charge in [-0.25, -0.2) is 0 Å². The predicted octanol–water partition coefficient (Wildman–Crippen LogP) is 6.03. The van der Waals surface area contributed by atoms with Crippen molar-refractivity contribution < 1.29 is 9.84 Å². The number of benzene rings is 2. The molecule has 0 unspecified atom stereocenters. The molecule has 1 aliphatic rings. The highest BCUT2D eigenvalue weighted by molar-refractivity contribution is 7.80. The summed E-state index contributed by atoms with van der Waals surface area (Å²) in [5.41, 5.74) is 5.45. The maximum atomic E-state index is 10.7. The van der Waals surface area contributed by atoms with Crippen molar-refractivity contribution in [1.29, 1.82) is 0 Å². The van der Waals surface area contributed by atoms with Crippen LogP contribution in [0.5, 0.6) is 11.5 Å². The van der Waals surface area contributed by atoms with E-state index in [0.717, 1.165) is 34.1 Å². The lowest BCUT2D eigenvalue weighted by Gasteiger charge is -2.28. The standard InChI is InChI=1S/C27H25ClN4O2S/c1-16-14-19(17(2)31(16)22-15-18(28)11-12-24(22)34-3)26-25(20-8-6-7-13-29-20)30-27(35)32(26)21-9-4-5-10-23(21)33/h4-15,25-26,33H,1-3H3,(H,30,35)/t25-,26-/m1/s1. The van der Waals surface area contributed by atoms with Gasteiger partial charge in [0.15, 0.2) is 5.11 Å². The Labute approximate surface area is 214 Å². The average Bonchev–Trinajstić information content (AvgIpc) is 3.35. The van der Waals surface area contributed by atoms with E-state index in [-0.39, 0.29) is 17.8 Å². The van der Waals surface area contributed by atoms with Crippen molar-refractivity contribution in [2.45, 2.75) is 25.9 Å². The predicted molar refractivity (Wildman–Crippen MR) is 143 cm³/mol. The number of hydrogen-bond acceptors (Lipinski definition) is 4. The van der Waals surface area contributed by atoms with E-state index in [1.807, 2.05) is 53.4 Å². The van der Waals surface area contributed by atoms with Crippen LogP contribution in [0.25, 0.3) is 5.69 Å². The van der Waals surface area contributed by atoms with Crippen LogP contribution in [0.4, 0.5) is 5.69 Å². The van der Waals surface area contributed by atoms with Crippen LogP contribution in [0.2, 0.25) is 5.02 Å². The van der Waals surface area contributed by atoms with Gasteiger partial charge < -0.3 is 24.6 Å². The molecule has 35 heavy (non-hydrogen) atoms. The van der Waals surface area contributed by atoms with E-state index < -0.39 is 0 Å². The summed E-state index contributed by atoms with van der Waals surface area (Å²) in [6, 6.07) is 20.3. The topological polar surface area (TPSA) is 62.5 Å².